The fourth-order valence-corrected chi connectivity index (χ4v) is 2.35. The molecule has 0 bridgehead atoms. The molecule has 1 aliphatic carbocycles. The van der Waals surface area contributed by atoms with Crippen molar-refractivity contribution in [3.05, 3.63) is 0 Å². The summed E-state index contributed by atoms with van der Waals surface area (Å²) in [4.78, 5) is 12.0. The average Bonchev–Trinajstić information content (AvgIpc) is 2.35. The fraction of sp³-hybridized carbons (Fsp3) is 0.933. The number of halogens is 1. The van der Waals surface area contributed by atoms with Crippen LogP contribution in [0.2, 0.25) is 0 Å². The van der Waals surface area contributed by atoms with E-state index in [0.29, 0.717) is 0 Å². The third-order valence-corrected chi connectivity index (χ3v) is 4.33. The maximum Gasteiger partial charge on any atom is 0.237 e. The first kappa shape index (κ1) is 19.7. The van der Waals surface area contributed by atoms with E-state index in [-0.39, 0.29) is 41.8 Å². The molecule has 4 nitrogen and oxygen atoms in total. The van der Waals surface area contributed by atoms with E-state index in [1.807, 2.05) is 13.8 Å². The van der Waals surface area contributed by atoms with E-state index in [1.165, 1.54) is 0 Å². The third-order valence-electron chi connectivity index (χ3n) is 4.33. The van der Waals surface area contributed by atoms with Crippen molar-refractivity contribution in [2.75, 3.05) is 6.61 Å². The van der Waals surface area contributed by atoms with E-state index >= 15 is 0 Å². The molecule has 3 atom stereocenters. The SMILES string of the molecule is CCCCOC1CC(NC(=O)[C@@H](N)C(C)C)C1(C)C.Cl. The van der Waals surface area contributed by atoms with Gasteiger partial charge in [0.2, 0.25) is 5.91 Å². The summed E-state index contributed by atoms with van der Waals surface area (Å²) in [5.41, 5.74) is 5.87. The number of carbonyl (C=O) groups excluding carboxylic acids is 1. The Balaban J connectivity index is 0.00000361. The summed E-state index contributed by atoms with van der Waals surface area (Å²) in [5, 5.41) is 3.06. The molecule has 3 N–H and O–H groups in total. The lowest BCUT2D eigenvalue weighted by molar-refractivity contribution is -0.139. The van der Waals surface area contributed by atoms with Crippen molar-refractivity contribution in [2.24, 2.45) is 17.1 Å². The van der Waals surface area contributed by atoms with E-state index in [4.69, 9.17) is 10.5 Å². The van der Waals surface area contributed by atoms with Crippen LogP contribution < -0.4 is 11.1 Å². The third kappa shape index (κ3) is 4.61. The van der Waals surface area contributed by atoms with Crippen molar-refractivity contribution < 1.29 is 9.53 Å². The predicted octanol–water partition coefficient (Wildman–Crippen LogP) is 2.49. The smallest absolute Gasteiger partial charge is 0.237 e. The minimum absolute atomic E-state index is 0. The zero-order chi connectivity index (χ0) is 14.6. The van der Waals surface area contributed by atoms with Crippen LogP contribution in [0.3, 0.4) is 0 Å². The highest BCUT2D eigenvalue weighted by Crippen LogP contribution is 2.42. The van der Waals surface area contributed by atoms with Gasteiger partial charge >= 0.3 is 0 Å². The maximum atomic E-state index is 12.0. The summed E-state index contributed by atoms with van der Waals surface area (Å²) >= 11 is 0. The highest BCUT2D eigenvalue weighted by atomic mass is 35.5. The van der Waals surface area contributed by atoms with Crippen LogP contribution in [0.5, 0.6) is 0 Å². The van der Waals surface area contributed by atoms with E-state index in [0.717, 1.165) is 25.9 Å². The number of unbranched alkanes of at least 4 members (excludes halogenated alkanes) is 1. The molecule has 1 amide bonds. The van der Waals surface area contributed by atoms with Crippen LogP contribution in [0.4, 0.5) is 0 Å². The summed E-state index contributed by atoms with van der Waals surface area (Å²) in [6.07, 6.45) is 3.39. The molecule has 0 radical (unpaired) electrons. The molecular weight excluding hydrogens is 276 g/mol. The summed E-state index contributed by atoms with van der Waals surface area (Å²) in [5.74, 6) is 0.125. The molecule has 0 heterocycles. The van der Waals surface area contributed by atoms with Crippen molar-refractivity contribution in [3.63, 3.8) is 0 Å². The minimum atomic E-state index is -0.421. The van der Waals surface area contributed by atoms with E-state index in [9.17, 15) is 4.79 Å². The Bertz CT molecular complexity index is 308. The Morgan fingerprint density at radius 2 is 2.05 bits per heavy atom. The lowest BCUT2D eigenvalue weighted by Crippen LogP contribution is -2.64. The molecule has 20 heavy (non-hydrogen) atoms. The van der Waals surface area contributed by atoms with Gasteiger partial charge in [-0.3, -0.25) is 4.79 Å². The fourth-order valence-electron chi connectivity index (χ4n) is 2.35. The van der Waals surface area contributed by atoms with Gasteiger partial charge < -0.3 is 15.8 Å². The molecule has 1 rings (SSSR count). The van der Waals surface area contributed by atoms with E-state index in [2.05, 4.69) is 26.1 Å². The molecule has 0 saturated heterocycles. The van der Waals surface area contributed by atoms with Crippen molar-refractivity contribution in [2.45, 2.75) is 72.1 Å². The molecule has 1 aliphatic rings. The molecule has 1 fully saturated rings. The van der Waals surface area contributed by atoms with Crippen molar-refractivity contribution >= 4 is 18.3 Å². The second-order valence-corrected chi connectivity index (χ2v) is 6.60. The zero-order valence-corrected chi connectivity index (χ0v) is 14.3. The molecule has 0 aliphatic heterocycles. The molecule has 2 unspecified atom stereocenters. The molecule has 120 valence electrons. The van der Waals surface area contributed by atoms with Crippen molar-refractivity contribution in [1.82, 2.24) is 5.32 Å². The van der Waals surface area contributed by atoms with Gasteiger partial charge in [0, 0.05) is 18.1 Å². The van der Waals surface area contributed by atoms with Gasteiger partial charge in [-0.1, -0.05) is 41.0 Å². The van der Waals surface area contributed by atoms with Gasteiger partial charge in [-0.05, 0) is 18.8 Å². The summed E-state index contributed by atoms with van der Waals surface area (Å²) in [6, 6.07) is -0.243. The van der Waals surface area contributed by atoms with Gasteiger partial charge in [-0.15, -0.1) is 12.4 Å². The minimum Gasteiger partial charge on any atom is -0.378 e. The van der Waals surface area contributed by atoms with E-state index < -0.39 is 6.04 Å². The van der Waals surface area contributed by atoms with Gasteiger partial charge in [0.1, 0.15) is 0 Å². The zero-order valence-electron chi connectivity index (χ0n) is 13.4. The molecular formula is C15H31ClN2O2. The quantitative estimate of drug-likeness (QED) is 0.710. The Hall–Kier alpha value is -0.320. The number of carbonyl (C=O) groups is 1. The van der Waals surface area contributed by atoms with Crippen LogP contribution in [-0.2, 0) is 9.53 Å². The van der Waals surface area contributed by atoms with Crippen molar-refractivity contribution in [1.29, 1.82) is 0 Å². The first-order valence-electron chi connectivity index (χ1n) is 7.48. The molecule has 0 spiro atoms. The number of rotatable bonds is 7. The molecule has 0 aromatic heterocycles. The standard InChI is InChI=1S/C15H30N2O2.ClH/c1-6-7-8-19-12-9-11(15(12,4)5)17-14(18)13(16)10(2)3;/h10-13H,6-9,16H2,1-5H3,(H,17,18);1H/t11?,12?,13-;/m0./s1. The highest BCUT2D eigenvalue weighted by Gasteiger charge is 2.49. The lowest BCUT2D eigenvalue weighted by atomic mass is 9.64. The Kier molecular flexibility index (Phi) is 8.07. The predicted molar refractivity (Wildman–Crippen MR) is 85.0 cm³/mol. The maximum absolute atomic E-state index is 12.0. The van der Waals surface area contributed by atoms with Crippen molar-refractivity contribution in [3.8, 4) is 0 Å². The number of amides is 1. The molecule has 5 heteroatoms. The number of hydrogen-bond acceptors (Lipinski definition) is 3. The number of nitrogens with one attached hydrogen (secondary N) is 1. The van der Waals surface area contributed by atoms with E-state index in [1.54, 1.807) is 0 Å². The van der Waals surface area contributed by atoms with Crippen LogP contribution in [0, 0.1) is 11.3 Å². The molecule has 0 aromatic rings. The largest absolute Gasteiger partial charge is 0.378 e. The van der Waals surface area contributed by atoms with Gasteiger partial charge in [-0.2, -0.15) is 0 Å². The molecule has 1 saturated carbocycles. The van der Waals surface area contributed by atoms with Crippen LogP contribution in [0.15, 0.2) is 0 Å². The Morgan fingerprint density at radius 3 is 2.50 bits per heavy atom. The second-order valence-electron chi connectivity index (χ2n) is 6.60. The summed E-state index contributed by atoms with van der Waals surface area (Å²) in [7, 11) is 0. The van der Waals surface area contributed by atoms with Gasteiger partial charge in [0.15, 0.2) is 0 Å². The lowest BCUT2D eigenvalue weighted by Gasteiger charge is -2.52. The molecule has 0 aromatic carbocycles. The highest BCUT2D eigenvalue weighted by molar-refractivity contribution is 5.85. The monoisotopic (exact) mass is 306 g/mol. The normalized spacial score (nSPS) is 25.6. The first-order valence-corrected chi connectivity index (χ1v) is 7.48. The summed E-state index contributed by atoms with van der Waals surface area (Å²) in [6.45, 7) is 11.2. The second kappa shape index (κ2) is 8.20. The average molecular weight is 307 g/mol. The van der Waals surface area contributed by atoms with Gasteiger partial charge in [0.25, 0.3) is 0 Å². The van der Waals surface area contributed by atoms with Gasteiger partial charge in [0.05, 0.1) is 12.1 Å². The van der Waals surface area contributed by atoms with Crippen LogP contribution in [0.1, 0.15) is 53.9 Å². The number of nitrogens with two attached hydrogens (primary N) is 1. The summed E-state index contributed by atoms with van der Waals surface area (Å²) < 4.78 is 5.87. The van der Waals surface area contributed by atoms with Crippen LogP contribution in [-0.4, -0.2) is 30.7 Å². The number of hydrogen-bond donors (Lipinski definition) is 2. The van der Waals surface area contributed by atoms with Crippen LogP contribution >= 0.6 is 12.4 Å². The Labute approximate surface area is 129 Å². The van der Waals surface area contributed by atoms with Crippen LogP contribution in [0.25, 0.3) is 0 Å². The topological polar surface area (TPSA) is 64.3 Å². The Morgan fingerprint density at radius 1 is 1.45 bits per heavy atom. The number of ether oxygens (including phenoxy) is 1. The first-order chi connectivity index (χ1) is 8.80. The van der Waals surface area contributed by atoms with Gasteiger partial charge in [-0.25, -0.2) is 0 Å².